The lowest BCUT2D eigenvalue weighted by Gasteiger charge is -2.13. The van der Waals surface area contributed by atoms with E-state index in [0.29, 0.717) is 29.4 Å². The Labute approximate surface area is 143 Å². The second kappa shape index (κ2) is 7.02. The van der Waals surface area contributed by atoms with Crippen LogP contribution >= 0.6 is 24.0 Å². The van der Waals surface area contributed by atoms with Gasteiger partial charge in [0.05, 0.1) is 11.6 Å². The molecule has 8 heteroatoms. The van der Waals surface area contributed by atoms with Gasteiger partial charge in [-0.1, -0.05) is 23.7 Å². The van der Waals surface area contributed by atoms with Crippen LogP contribution in [0.15, 0.2) is 30.3 Å². The van der Waals surface area contributed by atoms with Crippen molar-refractivity contribution >= 4 is 35.9 Å². The minimum absolute atomic E-state index is 0. The standard InChI is InChI=1S/C15H14ClN3O3.ClH/c16-11-3-1-9(2-4-11)12-7-13(18-17-12)14(20)19-6-5-10(8-19)15(21)22;/h1-4,7,10H,5-6,8H2,(H,17,18)(H,21,22);1H. The third kappa shape index (κ3) is 3.65. The maximum atomic E-state index is 12.4. The zero-order valence-corrected chi connectivity index (χ0v) is 13.6. The Hall–Kier alpha value is -2.05. The molecule has 2 N–H and O–H groups in total. The van der Waals surface area contributed by atoms with Crippen molar-refractivity contribution < 1.29 is 14.7 Å². The van der Waals surface area contributed by atoms with Gasteiger partial charge in [0.25, 0.3) is 5.91 Å². The number of nitrogens with one attached hydrogen (secondary N) is 1. The van der Waals surface area contributed by atoms with E-state index < -0.39 is 11.9 Å². The van der Waals surface area contributed by atoms with Crippen molar-refractivity contribution in [2.24, 2.45) is 5.92 Å². The fourth-order valence-electron chi connectivity index (χ4n) is 2.52. The molecule has 1 aromatic heterocycles. The quantitative estimate of drug-likeness (QED) is 0.885. The number of carbonyl (C=O) groups is 2. The summed E-state index contributed by atoms with van der Waals surface area (Å²) in [6, 6.07) is 8.82. The summed E-state index contributed by atoms with van der Waals surface area (Å²) >= 11 is 5.84. The molecule has 1 fully saturated rings. The second-order valence-electron chi connectivity index (χ2n) is 5.25. The van der Waals surface area contributed by atoms with Gasteiger partial charge in [0.15, 0.2) is 0 Å². The molecule has 1 unspecified atom stereocenters. The number of hydrogen-bond donors (Lipinski definition) is 2. The number of carbonyl (C=O) groups excluding carboxylic acids is 1. The first kappa shape index (κ1) is 17.3. The monoisotopic (exact) mass is 355 g/mol. The van der Waals surface area contributed by atoms with Crippen LogP contribution in [0.1, 0.15) is 16.9 Å². The highest BCUT2D eigenvalue weighted by atomic mass is 35.5. The molecule has 1 aromatic carbocycles. The molecule has 23 heavy (non-hydrogen) atoms. The van der Waals surface area contributed by atoms with Gasteiger partial charge in [-0.2, -0.15) is 5.10 Å². The summed E-state index contributed by atoms with van der Waals surface area (Å²) < 4.78 is 0. The van der Waals surface area contributed by atoms with Crippen LogP contribution < -0.4 is 0 Å². The van der Waals surface area contributed by atoms with Crippen molar-refractivity contribution in [3.05, 3.63) is 41.0 Å². The number of aromatic nitrogens is 2. The first-order chi connectivity index (χ1) is 10.5. The summed E-state index contributed by atoms with van der Waals surface area (Å²) in [5.41, 5.74) is 1.86. The Balaban J connectivity index is 0.00000192. The fourth-order valence-corrected chi connectivity index (χ4v) is 2.64. The molecule has 1 aliphatic heterocycles. The molecular weight excluding hydrogens is 341 g/mol. The normalized spacial score (nSPS) is 16.9. The molecule has 1 atom stereocenters. The molecule has 1 saturated heterocycles. The molecule has 0 radical (unpaired) electrons. The lowest BCUT2D eigenvalue weighted by Crippen LogP contribution is -2.30. The lowest BCUT2D eigenvalue weighted by atomic mass is 10.1. The van der Waals surface area contributed by atoms with E-state index in [9.17, 15) is 9.59 Å². The molecule has 0 aliphatic carbocycles. The zero-order chi connectivity index (χ0) is 15.7. The molecule has 2 heterocycles. The van der Waals surface area contributed by atoms with E-state index in [4.69, 9.17) is 16.7 Å². The van der Waals surface area contributed by atoms with Crippen LogP contribution in [0.3, 0.4) is 0 Å². The molecule has 1 aliphatic rings. The van der Waals surface area contributed by atoms with Crippen LogP contribution in [-0.4, -0.2) is 45.2 Å². The van der Waals surface area contributed by atoms with Crippen molar-refractivity contribution in [3.8, 4) is 11.3 Å². The van der Waals surface area contributed by atoms with Crippen LogP contribution in [0.2, 0.25) is 5.02 Å². The molecular formula is C15H15Cl2N3O3. The third-order valence-electron chi connectivity index (χ3n) is 3.77. The Morgan fingerprint density at radius 3 is 2.61 bits per heavy atom. The van der Waals surface area contributed by atoms with Gasteiger partial charge in [0, 0.05) is 23.7 Å². The van der Waals surface area contributed by atoms with Gasteiger partial charge in [-0.3, -0.25) is 14.7 Å². The van der Waals surface area contributed by atoms with Gasteiger partial charge in [-0.05, 0) is 24.6 Å². The smallest absolute Gasteiger partial charge is 0.308 e. The van der Waals surface area contributed by atoms with Crippen LogP contribution in [0.5, 0.6) is 0 Å². The number of nitrogens with zero attached hydrogens (tertiary/aromatic N) is 2. The lowest BCUT2D eigenvalue weighted by molar-refractivity contribution is -0.141. The maximum Gasteiger partial charge on any atom is 0.308 e. The summed E-state index contributed by atoms with van der Waals surface area (Å²) in [6.07, 6.45) is 0.485. The molecule has 0 bridgehead atoms. The Bertz CT molecular complexity index is 715. The summed E-state index contributed by atoms with van der Waals surface area (Å²) in [4.78, 5) is 24.8. The Morgan fingerprint density at radius 1 is 1.30 bits per heavy atom. The number of halogens is 2. The van der Waals surface area contributed by atoms with E-state index >= 15 is 0 Å². The highest BCUT2D eigenvalue weighted by Crippen LogP contribution is 2.22. The van der Waals surface area contributed by atoms with Crippen molar-refractivity contribution in [1.29, 1.82) is 0 Å². The Morgan fingerprint density at radius 2 is 2.00 bits per heavy atom. The van der Waals surface area contributed by atoms with E-state index in [2.05, 4.69) is 10.2 Å². The van der Waals surface area contributed by atoms with Crippen LogP contribution in [0, 0.1) is 5.92 Å². The van der Waals surface area contributed by atoms with Gasteiger partial charge < -0.3 is 10.0 Å². The average molecular weight is 356 g/mol. The molecule has 0 saturated carbocycles. The number of carboxylic acid groups (broad SMARTS) is 1. The predicted molar refractivity (Wildman–Crippen MR) is 87.9 cm³/mol. The van der Waals surface area contributed by atoms with E-state index in [1.54, 1.807) is 18.2 Å². The number of aromatic amines is 1. The number of hydrogen-bond acceptors (Lipinski definition) is 3. The van der Waals surface area contributed by atoms with E-state index in [1.807, 2.05) is 12.1 Å². The number of benzene rings is 1. The van der Waals surface area contributed by atoms with Crippen molar-refractivity contribution in [2.45, 2.75) is 6.42 Å². The second-order valence-corrected chi connectivity index (χ2v) is 5.69. The van der Waals surface area contributed by atoms with Gasteiger partial charge >= 0.3 is 5.97 Å². The van der Waals surface area contributed by atoms with Gasteiger partial charge in [0.1, 0.15) is 5.69 Å². The molecule has 0 spiro atoms. The predicted octanol–water partition coefficient (Wildman–Crippen LogP) is 2.70. The van der Waals surface area contributed by atoms with E-state index in [0.717, 1.165) is 5.56 Å². The van der Waals surface area contributed by atoms with E-state index in [-0.39, 0.29) is 24.9 Å². The van der Waals surface area contributed by atoms with Crippen molar-refractivity contribution in [2.75, 3.05) is 13.1 Å². The first-order valence-electron chi connectivity index (χ1n) is 6.88. The first-order valence-corrected chi connectivity index (χ1v) is 7.26. The van der Waals surface area contributed by atoms with Crippen molar-refractivity contribution in [3.63, 3.8) is 0 Å². The fraction of sp³-hybridized carbons (Fsp3) is 0.267. The zero-order valence-electron chi connectivity index (χ0n) is 12.0. The molecule has 1 amide bonds. The third-order valence-corrected chi connectivity index (χ3v) is 4.02. The Kier molecular flexibility index (Phi) is 5.28. The minimum Gasteiger partial charge on any atom is -0.481 e. The summed E-state index contributed by atoms with van der Waals surface area (Å²) in [5, 5.41) is 16.5. The van der Waals surface area contributed by atoms with Crippen LogP contribution in [-0.2, 0) is 4.79 Å². The van der Waals surface area contributed by atoms with Crippen molar-refractivity contribution in [1.82, 2.24) is 15.1 Å². The van der Waals surface area contributed by atoms with Gasteiger partial charge in [-0.25, -0.2) is 0 Å². The number of H-pyrrole nitrogens is 1. The maximum absolute atomic E-state index is 12.4. The number of rotatable bonds is 3. The minimum atomic E-state index is -0.859. The van der Waals surface area contributed by atoms with Gasteiger partial charge in [-0.15, -0.1) is 12.4 Å². The van der Waals surface area contributed by atoms with Gasteiger partial charge in [0.2, 0.25) is 0 Å². The average Bonchev–Trinajstić information content (AvgIpc) is 3.17. The SMILES string of the molecule is Cl.O=C(O)C1CCN(C(=O)c2cc(-c3ccc(Cl)cc3)n[nH]2)C1. The largest absolute Gasteiger partial charge is 0.481 e. The number of likely N-dealkylation sites (tertiary alicyclic amines) is 1. The summed E-state index contributed by atoms with van der Waals surface area (Å²) in [7, 11) is 0. The summed E-state index contributed by atoms with van der Waals surface area (Å²) in [5.74, 6) is -1.57. The summed E-state index contributed by atoms with van der Waals surface area (Å²) in [6.45, 7) is 0.689. The van der Waals surface area contributed by atoms with E-state index in [1.165, 1.54) is 4.90 Å². The molecule has 6 nitrogen and oxygen atoms in total. The van der Waals surface area contributed by atoms with Crippen LogP contribution in [0.4, 0.5) is 0 Å². The number of amides is 1. The highest BCUT2D eigenvalue weighted by Gasteiger charge is 2.31. The highest BCUT2D eigenvalue weighted by molar-refractivity contribution is 6.30. The molecule has 3 rings (SSSR count). The van der Waals surface area contributed by atoms with Crippen LogP contribution in [0.25, 0.3) is 11.3 Å². The molecule has 122 valence electrons. The topological polar surface area (TPSA) is 86.3 Å². The number of aliphatic carboxylic acids is 1. The molecule has 2 aromatic rings. The number of carboxylic acids is 1.